The first-order chi connectivity index (χ1) is 13.6. The lowest BCUT2D eigenvalue weighted by Gasteiger charge is -2.10. The van der Waals surface area contributed by atoms with Crippen molar-refractivity contribution in [2.75, 3.05) is 19.7 Å². The van der Waals surface area contributed by atoms with Gasteiger partial charge in [-0.15, -0.1) is 6.58 Å². The number of carbonyl (C=O) groups is 1. The summed E-state index contributed by atoms with van der Waals surface area (Å²) >= 11 is 6.91. The van der Waals surface area contributed by atoms with E-state index >= 15 is 0 Å². The second-order valence-corrected chi connectivity index (χ2v) is 8.34. The molecule has 0 fully saturated rings. The zero-order valence-corrected chi connectivity index (χ0v) is 19.2. The van der Waals surface area contributed by atoms with E-state index in [9.17, 15) is 4.79 Å². The van der Waals surface area contributed by atoms with Crippen LogP contribution in [0.1, 0.15) is 48.0 Å². The van der Waals surface area contributed by atoms with Crippen molar-refractivity contribution in [3.63, 3.8) is 0 Å². The van der Waals surface area contributed by atoms with E-state index in [1.165, 1.54) is 12.8 Å². The van der Waals surface area contributed by atoms with Gasteiger partial charge in [-0.1, -0.05) is 34.8 Å². The van der Waals surface area contributed by atoms with Crippen LogP contribution >= 0.6 is 31.9 Å². The quantitative estimate of drug-likeness (QED) is 0.189. The zero-order valence-electron chi connectivity index (χ0n) is 16.1. The van der Waals surface area contributed by atoms with Crippen molar-refractivity contribution in [1.82, 2.24) is 5.32 Å². The topological polar surface area (TPSA) is 38.3 Å². The molecule has 0 saturated carbocycles. The van der Waals surface area contributed by atoms with Crippen LogP contribution in [0.4, 0.5) is 0 Å². The second kappa shape index (κ2) is 12.9. The summed E-state index contributed by atoms with van der Waals surface area (Å²) in [6, 6.07) is 12.9. The van der Waals surface area contributed by atoms with E-state index in [2.05, 4.69) is 43.8 Å². The van der Waals surface area contributed by atoms with E-state index in [1.54, 1.807) is 0 Å². The summed E-state index contributed by atoms with van der Waals surface area (Å²) in [4.78, 5) is 12.6. The Morgan fingerprint density at radius 3 is 2.39 bits per heavy atom. The molecule has 0 amide bonds. The fourth-order valence-corrected chi connectivity index (χ4v) is 3.50. The van der Waals surface area contributed by atoms with Crippen LogP contribution in [0.3, 0.4) is 0 Å². The van der Waals surface area contributed by atoms with Gasteiger partial charge in [0, 0.05) is 15.6 Å². The fraction of sp³-hybridized carbons (Fsp3) is 0.348. The lowest BCUT2D eigenvalue weighted by Crippen LogP contribution is -2.15. The van der Waals surface area contributed by atoms with E-state index in [-0.39, 0.29) is 5.78 Å². The van der Waals surface area contributed by atoms with Crippen LogP contribution in [0.15, 0.2) is 64.1 Å². The number of nitrogens with one attached hydrogen (secondary N) is 1. The van der Waals surface area contributed by atoms with E-state index in [4.69, 9.17) is 4.74 Å². The average molecular weight is 509 g/mol. The number of halogens is 2. The number of hydrogen-bond acceptors (Lipinski definition) is 3. The summed E-state index contributed by atoms with van der Waals surface area (Å²) < 4.78 is 7.63. The average Bonchev–Trinajstić information content (AvgIpc) is 2.70. The Morgan fingerprint density at radius 2 is 1.68 bits per heavy atom. The molecule has 0 spiro atoms. The van der Waals surface area contributed by atoms with Gasteiger partial charge < -0.3 is 10.1 Å². The van der Waals surface area contributed by atoms with Gasteiger partial charge in [0.15, 0.2) is 5.78 Å². The number of rotatable bonds is 13. The van der Waals surface area contributed by atoms with E-state index in [1.807, 2.05) is 48.5 Å². The third-order valence-electron chi connectivity index (χ3n) is 4.33. The largest absolute Gasteiger partial charge is 0.492 e. The third-order valence-corrected chi connectivity index (χ3v) is 5.48. The molecule has 2 aromatic carbocycles. The Bertz CT molecular complexity index is 760. The number of unbranched alkanes of at least 4 members (excludes halogenated alkanes) is 3. The van der Waals surface area contributed by atoms with Crippen LogP contribution < -0.4 is 10.1 Å². The van der Waals surface area contributed by atoms with Gasteiger partial charge in [-0.05, 0) is 90.7 Å². The highest BCUT2D eigenvalue weighted by Gasteiger charge is 2.11. The second-order valence-electron chi connectivity index (χ2n) is 6.57. The van der Waals surface area contributed by atoms with Crippen molar-refractivity contribution in [3.05, 3.63) is 75.2 Å². The highest BCUT2D eigenvalue weighted by atomic mass is 79.9. The molecule has 0 aliphatic carbocycles. The van der Waals surface area contributed by atoms with Gasteiger partial charge in [-0.25, -0.2) is 0 Å². The highest BCUT2D eigenvalue weighted by Crippen LogP contribution is 2.27. The van der Waals surface area contributed by atoms with Crippen molar-refractivity contribution < 1.29 is 9.53 Å². The minimum atomic E-state index is 0.00134. The summed E-state index contributed by atoms with van der Waals surface area (Å²) in [5, 5.41) is 3.40. The molecule has 2 rings (SSSR count). The van der Waals surface area contributed by atoms with Gasteiger partial charge >= 0.3 is 0 Å². The first-order valence-corrected chi connectivity index (χ1v) is 11.2. The fourth-order valence-electron chi connectivity index (χ4n) is 2.74. The van der Waals surface area contributed by atoms with Gasteiger partial charge in [0.25, 0.3) is 0 Å². The molecule has 28 heavy (non-hydrogen) atoms. The monoisotopic (exact) mass is 507 g/mol. The van der Waals surface area contributed by atoms with Crippen LogP contribution in [0, 0.1) is 0 Å². The maximum absolute atomic E-state index is 12.6. The minimum absolute atomic E-state index is 0.00134. The van der Waals surface area contributed by atoms with Gasteiger partial charge in [-0.2, -0.15) is 0 Å². The molecule has 0 aliphatic rings. The Labute approximate surface area is 184 Å². The Morgan fingerprint density at radius 1 is 0.964 bits per heavy atom. The molecule has 0 atom stereocenters. The van der Waals surface area contributed by atoms with Crippen LogP contribution in [-0.2, 0) is 0 Å². The Kier molecular flexibility index (Phi) is 10.5. The molecule has 2 aromatic rings. The molecule has 1 N–H and O–H groups in total. The standard InChI is InChI=1S/C23H27Br2NO2/c1-2-3-14-26-15-6-4-5-7-16-28-22-13-10-19(17-21(22)25)23(27)18-8-11-20(24)12-9-18/h2,8-13,17,26H,1,3-7,14-16H2. The minimum Gasteiger partial charge on any atom is -0.492 e. The van der Waals surface area contributed by atoms with Crippen molar-refractivity contribution >= 4 is 37.6 Å². The molecule has 0 unspecified atom stereocenters. The van der Waals surface area contributed by atoms with Gasteiger partial charge in [0.05, 0.1) is 11.1 Å². The molecule has 3 nitrogen and oxygen atoms in total. The smallest absolute Gasteiger partial charge is 0.193 e. The highest BCUT2D eigenvalue weighted by molar-refractivity contribution is 9.10. The predicted octanol–water partition coefficient (Wildman–Crippen LogP) is 6.55. The molecule has 0 aromatic heterocycles. The van der Waals surface area contributed by atoms with E-state index in [0.29, 0.717) is 17.7 Å². The maximum Gasteiger partial charge on any atom is 0.193 e. The molecular formula is C23H27Br2NO2. The van der Waals surface area contributed by atoms with Crippen molar-refractivity contribution in [2.24, 2.45) is 0 Å². The predicted molar refractivity (Wildman–Crippen MR) is 123 cm³/mol. The first-order valence-electron chi connectivity index (χ1n) is 9.66. The summed E-state index contributed by atoms with van der Waals surface area (Å²) in [6.45, 7) is 6.48. The van der Waals surface area contributed by atoms with Crippen molar-refractivity contribution in [2.45, 2.75) is 32.1 Å². The first kappa shape index (κ1) is 22.9. The number of hydrogen-bond donors (Lipinski definition) is 1. The Hall–Kier alpha value is -1.43. The number of ether oxygens (including phenoxy) is 1. The molecule has 0 radical (unpaired) electrons. The van der Waals surface area contributed by atoms with Crippen molar-refractivity contribution in [3.8, 4) is 5.75 Å². The lowest BCUT2D eigenvalue weighted by molar-refractivity contribution is 0.103. The van der Waals surface area contributed by atoms with Gasteiger partial charge in [-0.3, -0.25) is 4.79 Å². The van der Waals surface area contributed by atoms with Crippen LogP contribution in [0.5, 0.6) is 5.75 Å². The lowest BCUT2D eigenvalue weighted by atomic mass is 10.0. The van der Waals surface area contributed by atoms with Crippen molar-refractivity contribution in [1.29, 1.82) is 0 Å². The third kappa shape index (κ3) is 7.90. The normalized spacial score (nSPS) is 10.6. The maximum atomic E-state index is 12.6. The van der Waals surface area contributed by atoms with Gasteiger partial charge in [0.2, 0.25) is 0 Å². The molecule has 0 aliphatic heterocycles. The van der Waals surface area contributed by atoms with Crippen LogP contribution in [0.25, 0.3) is 0 Å². The summed E-state index contributed by atoms with van der Waals surface area (Å²) in [7, 11) is 0. The molecular weight excluding hydrogens is 482 g/mol. The molecule has 0 bridgehead atoms. The van der Waals surface area contributed by atoms with E-state index < -0.39 is 0 Å². The summed E-state index contributed by atoms with van der Waals surface area (Å²) in [5.74, 6) is 0.778. The van der Waals surface area contributed by atoms with Crippen LogP contribution in [0.2, 0.25) is 0 Å². The molecule has 0 saturated heterocycles. The molecule has 0 heterocycles. The zero-order chi connectivity index (χ0) is 20.2. The summed E-state index contributed by atoms with van der Waals surface area (Å²) in [6.07, 6.45) is 7.53. The number of carbonyl (C=O) groups excluding carboxylic acids is 1. The number of benzene rings is 2. The molecule has 5 heteroatoms. The molecule has 150 valence electrons. The van der Waals surface area contributed by atoms with Crippen LogP contribution in [-0.4, -0.2) is 25.5 Å². The van der Waals surface area contributed by atoms with E-state index in [0.717, 1.165) is 47.0 Å². The van der Waals surface area contributed by atoms with Gasteiger partial charge in [0.1, 0.15) is 5.75 Å². The number of ketones is 1. The SMILES string of the molecule is C=CCCNCCCCCCOc1ccc(C(=O)c2ccc(Br)cc2)cc1Br. The summed E-state index contributed by atoms with van der Waals surface area (Å²) in [5.41, 5.74) is 1.31. The Balaban J connectivity index is 1.71.